The molecule has 1 fully saturated rings. The Morgan fingerprint density at radius 2 is 2.17 bits per heavy atom. The van der Waals surface area contributed by atoms with Gasteiger partial charge in [-0.3, -0.25) is 19.5 Å². The molecule has 8 heteroatoms. The highest BCUT2D eigenvalue weighted by Gasteiger charge is 2.34. The Hall–Kier alpha value is -1.93. The molecule has 0 bridgehead atoms. The normalized spacial score (nSPS) is 25.3. The number of esters is 1. The maximum atomic E-state index is 13.2. The molecular weight excluding hydrogens is 391 g/mol. The summed E-state index contributed by atoms with van der Waals surface area (Å²) in [7, 11) is 1.47. The number of carbonyl (C=O) groups excluding carboxylic acids is 1. The Labute approximate surface area is 178 Å². The SMILES string of the molecule is COc1ccnc(CN[C@H]2CCC[C@H](CCF)[C@@H](OCC(C)C)[C@H](C)OC2=O)c1O. The number of ether oxygens (including phenoxy) is 3. The molecule has 1 aliphatic heterocycles. The summed E-state index contributed by atoms with van der Waals surface area (Å²) in [5.74, 6) is 0.237. The van der Waals surface area contributed by atoms with Gasteiger partial charge >= 0.3 is 5.97 Å². The van der Waals surface area contributed by atoms with Crippen molar-refractivity contribution in [3.05, 3.63) is 18.0 Å². The molecule has 1 aromatic heterocycles. The van der Waals surface area contributed by atoms with Gasteiger partial charge in [-0.15, -0.1) is 0 Å². The van der Waals surface area contributed by atoms with Crippen LogP contribution in [-0.4, -0.2) is 54.7 Å². The monoisotopic (exact) mass is 426 g/mol. The third-order valence-electron chi connectivity index (χ3n) is 5.38. The van der Waals surface area contributed by atoms with Gasteiger partial charge in [0.05, 0.1) is 25.6 Å². The van der Waals surface area contributed by atoms with E-state index >= 15 is 0 Å². The molecule has 4 atom stereocenters. The summed E-state index contributed by atoms with van der Waals surface area (Å²) in [6.07, 6.45) is 3.18. The van der Waals surface area contributed by atoms with Gasteiger partial charge in [-0.05, 0) is 38.0 Å². The van der Waals surface area contributed by atoms with E-state index in [2.05, 4.69) is 24.1 Å². The van der Waals surface area contributed by atoms with Crippen LogP contribution in [0.3, 0.4) is 0 Å². The number of rotatable bonds is 9. The van der Waals surface area contributed by atoms with Crippen LogP contribution < -0.4 is 10.1 Å². The van der Waals surface area contributed by atoms with Crippen LogP contribution in [0.25, 0.3) is 0 Å². The van der Waals surface area contributed by atoms with Crippen LogP contribution in [-0.2, 0) is 20.8 Å². The molecule has 0 radical (unpaired) electrons. The van der Waals surface area contributed by atoms with Gasteiger partial charge in [-0.1, -0.05) is 20.3 Å². The number of aromatic hydroxyl groups is 1. The number of methoxy groups -OCH3 is 1. The highest BCUT2D eigenvalue weighted by atomic mass is 19.1. The minimum Gasteiger partial charge on any atom is -0.503 e. The minimum atomic E-state index is -0.547. The lowest BCUT2D eigenvalue weighted by molar-refractivity contribution is -0.162. The third-order valence-corrected chi connectivity index (χ3v) is 5.38. The fourth-order valence-corrected chi connectivity index (χ4v) is 3.78. The van der Waals surface area contributed by atoms with E-state index in [9.17, 15) is 14.3 Å². The second-order valence-electron chi connectivity index (χ2n) is 8.24. The smallest absolute Gasteiger partial charge is 0.323 e. The van der Waals surface area contributed by atoms with Gasteiger partial charge in [0.1, 0.15) is 12.1 Å². The van der Waals surface area contributed by atoms with Crippen LogP contribution in [0.5, 0.6) is 11.5 Å². The quantitative estimate of drug-likeness (QED) is 0.585. The van der Waals surface area contributed by atoms with Crippen LogP contribution in [0.4, 0.5) is 4.39 Å². The first kappa shape index (κ1) is 24.3. The number of hydrogen-bond donors (Lipinski definition) is 2. The number of pyridine rings is 1. The van der Waals surface area contributed by atoms with E-state index < -0.39 is 18.8 Å². The number of halogens is 1. The van der Waals surface area contributed by atoms with Gasteiger partial charge in [0.15, 0.2) is 11.5 Å². The molecule has 2 heterocycles. The van der Waals surface area contributed by atoms with E-state index in [1.807, 2.05) is 6.92 Å². The van der Waals surface area contributed by atoms with Crippen molar-refractivity contribution in [1.29, 1.82) is 0 Å². The summed E-state index contributed by atoms with van der Waals surface area (Å²) in [5, 5.41) is 13.3. The number of cyclic esters (lactones) is 1. The first-order valence-corrected chi connectivity index (χ1v) is 10.7. The summed E-state index contributed by atoms with van der Waals surface area (Å²) in [6.45, 7) is 6.23. The Morgan fingerprint density at radius 3 is 2.83 bits per heavy atom. The van der Waals surface area contributed by atoms with Gasteiger partial charge < -0.3 is 19.3 Å². The molecule has 0 spiro atoms. The average Bonchev–Trinajstić information content (AvgIpc) is 2.75. The molecule has 2 N–H and O–H groups in total. The van der Waals surface area contributed by atoms with E-state index in [1.165, 1.54) is 13.3 Å². The number of carbonyl (C=O) groups is 1. The molecule has 0 saturated carbocycles. The minimum absolute atomic E-state index is 0.000560. The Kier molecular flexibility index (Phi) is 9.78. The average molecular weight is 427 g/mol. The predicted octanol–water partition coefficient (Wildman–Crippen LogP) is 3.39. The lowest BCUT2D eigenvalue weighted by atomic mass is 9.90. The lowest BCUT2D eigenvalue weighted by Gasteiger charge is -2.31. The molecule has 0 amide bonds. The van der Waals surface area contributed by atoms with Gasteiger partial charge in [0.2, 0.25) is 0 Å². The maximum Gasteiger partial charge on any atom is 0.323 e. The van der Waals surface area contributed by atoms with E-state index in [4.69, 9.17) is 14.2 Å². The van der Waals surface area contributed by atoms with Gasteiger partial charge in [0, 0.05) is 25.4 Å². The molecule has 0 aliphatic carbocycles. The molecule has 2 rings (SSSR count). The first-order chi connectivity index (χ1) is 14.4. The second kappa shape index (κ2) is 12.1. The standard InChI is InChI=1S/C22H35FN2O5/c1-14(2)13-29-21-15(3)30-22(27)17(7-5-6-16(21)8-10-23)25-12-18-20(26)19(28-4)9-11-24-18/h9,11,14-17,21,25-26H,5-8,10,12-13H2,1-4H3/t15-,16+,17-,21-/m0/s1. The number of nitrogens with one attached hydrogen (secondary N) is 1. The Morgan fingerprint density at radius 1 is 1.40 bits per heavy atom. The van der Waals surface area contributed by atoms with E-state index in [0.29, 0.717) is 36.8 Å². The highest BCUT2D eigenvalue weighted by Crippen LogP contribution is 2.29. The Bertz CT molecular complexity index is 673. The zero-order valence-corrected chi connectivity index (χ0v) is 18.4. The number of alkyl halides is 1. The first-order valence-electron chi connectivity index (χ1n) is 10.7. The summed E-state index contributed by atoms with van der Waals surface area (Å²) in [4.78, 5) is 16.9. The summed E-state index contributed by atoms with van der Waals surface area (Å²) in [6, 6.07) is 1.02. The number of nitrogens with zero attached hydrogens (tertiary/aromatic N) is 1. The van der Waals surface area contributed by atoms with Crippen molar-refractivity contribution < 1.29 is 28.5 Å². The molecule has 170 valence electrons. The van der Waals surface area contributed by atoms with E-state index in [0.717, 1.165) is 12.8 Å². The van der Waals surface area contributed by atoms with Crippen molar-refractivity contribution in [2.24, 2.45) is 11.8 Å². The molecule has 1 saturated heterocycles. The van der Waals surface area contributed by atoms with Crippen molar-refractivity contribution in [3.63, 3.8) is 0 Å². The van der Waals surface area contributed by atoms with Crippen molar-refractivity contribution >= 4 is 5.97 Å². The van der Waals surface area contributed by atoms with Crippen LogP contribution in [0.2, 0.25) is 0 Å². The van der Waals surface area contributed by atoms with Crippen LogP contribution in [0.1, 0.15) is 52.1 Å². The number of aromatic nitrogens is 1. The fourth-order valence-electron chi connectivity index (χ4n) is 3.78. The fraction of sp³-hybridized carbons (Fsp3) is 0.727. The second-order valence-corrected chi connectivity index (χ2v) is 8.24. The van der Waals surface area contributed by atoms with Crippen LogP contribution >= 0.6 is 0 Å². The van der Waals surface area contributed by atoms with Crippen molar-refractivity contribution in [1.82, 2.24) is 10.3 Å². The zero-order chi connectivity index (χ0) is 22.1. The summed E-state index contributed by atoms with van der Waals surface area (Å²) in [5.41, 5.74) is 0.392. The van der Waals surface area contributed by atoms with Gasteiger partial charge in [0.25, 0.3) is 0 Å². The molecular formula is C22H35FN2O5. The van der Waals surface area contributed by atoms with Crippen molar-refractivity contribution in [2.45, 2.75) is 71.2 Å². The predicted molar refractivity (Wildman–Crippen MR) is 111 cm³/mol. The van der Waals surface area contributed by atoms with Crippen molar-refractivity contribution in [2.75, 3.05) is 20.4 Å². The maximum absolute atomic E-state index is 13.2. The van der Waals surface area contributed by atoms with Crippen molar-refractivity contribution in [3.8, 4) is 11.5 Å². The zero-order valence-electron chi connectivity index (χ0n) is 18.4. The molecule has 7 nitrogen and oxygen atoms in total. The molecule has 0 unspecified atom stereocenters. The molecule has 1 aromatic rings. The van der Waals surface area contributed by atoms with E-state index in [1.54, 1.807) is 6.07 Å². The van der Waals surface area contributed by atoms with Gasteiger partial charge in [-0.25, -0.2) is 0 Å². The summed E-state index contributed by atoms with van der Waals surface area (Å²) >= 11 is 0. The lowest BCUT2D eigenvalue weighted by Crippen LogP contribution is -2.42. The van der Waals surface area contributed by atoms with Crippen LogP contribution in [0.15, 0.2) is 12.3 Å². The topological polar surface area (TPSA) is 89.9 Å². The molecule has 30 heavy (non-hydrogen) atoms. The third kappa shape index (κ3) is 6.80. The highest BCUT2D eigenvalue weighted by molar-refractivity contribution is 5.76. The van der Waals surface area contributed by atoms with Crippen LogP contribution in [0, 0.1) is 11.8 Å². The molecule has 1 aliphatic rings. The number of hydrogen-bond acceptors (Lipinski definition) is 7. The largest absolute Gasteiger partial charge is 0.503 e. The Balaban J connectivity index is 2.08. The van der Waals surface area contributed by atoms with E-state index in [-0.39, 0.29) is 30.3 Å². The molecule has 0 aromatic carbocycles. The summed E-state index contributed by atoms with van der Waals surface area (Å²) < 4.78 is 30.0. The van der Waals surface area contributed by atoms with Gasteiger partial charge in [-0.2, -0.15) is 0 Å².